The minimum absolute atomic E-state index is 0.362. The molecule has 2 aromatic rings. The van der Waals surface area contributed by atoms with Crippen LogP contribution in [0.25, 0.3) is 6.08 Å². The van der Waals surface area contributed by atoms with E-state index in [0.29, 0.717) is 11.6 Å². The zero-order valence-electron chi connectivity index (χ0n) is 13.3. The van der Waals surface area contributed by atoms with Crippen molar-refractivity contribution in [2.24, 2.45) is 4.99 Å². The van der Waals surface area contributed by atoms with E-state index in [-0.39, 0.29) is 5.97 Å². The number of unbranched alkanes of at least 4 members (excludes halogenated alkanes) is 1. The molecule has 1 aliphatic heterocycles. The lowest BCUT2D eigenvalue weighted by atomic mass is 10.1. The molecule has 3 nitrogen and oxygen atoms in total. The molecule has 118 valence electrons. The fraction of sp³-hybridized carbons (Fsp3) is 0.263. The SMILES string of the molecule is CCCCc1ccc(C2=NC(=Cc3sccc3C)C(=O)O2)cc1. The summed E-state index contributed by atoms with van der Waals surface area (Å²) in [7, 11) is 0. The summed E-state index contributed by atoms with van der Waals surface area (Å²) in [6.07, 6.45) is 5.24. The molecule has 0 saturated carbocycles. The molecule has 4 heteroatoms. The molecule has 3 rings (SSSR count). The van der Waals surface area contributed by atoms with Gasteiger partial charge in [0.15, 0.2) is 5.70 Å². The van der Waals surface area contributed by atoms with Gasteiger partial charge in [-0.05, 0) is 60.5 Å². The average Bonchev–Trinajstić information content (AvgIpc) is 3.13. The smallest absolute Gasteiger partial charge is 0.363 e. The number of carbonyl (C=O) groups is 1. The van der Waals surface area contributed by atoms with Gasteiger partial charge >= 0.3 is 5.97 Å². The molecule has 1 aromatic heterocycles. The lowest BCUT2D eigenvalue weighted by molar-refractivity contribution is -0.129. The van der Waals surface area contributed by atoms with Gasteiger partial charge in [0.25, 0.3) is 0 Å². The second-order valence-electron chi connectivity index (χ2n) is 5.60. The van der Waals surface area contributed by atoms with Gasteiger partial charge in [-0.3, -0.25) is 0 Å². The summed E-state index contributed by atoms with van der Waals surface area (Å²) in [6, 6.07) is 10.1. The number of carbonyl (C=O) groups excluding carboxylic acids is 1. The number of aliphatic imine (C=N–C) groups is 1. The molecule has 0 fully saturated rings. The lowest BCUT2D eigenvalue weighted by Gasteiger charge is -2.02. The number of ether oxygens (including phenoxy) is 1. The molecule has 2 heterocycles. The van der Waals surface area contributed by atoms with E-state index in [2.05, 4.69) is 24.0 Å². The molecule has 0 atom stereocenters. The molecule has 0 saturated heterocycles. The standard InChI is InChI=1S/C19H19NO2S/c1-3-4-5-14-6-8-15(9-7-14)18-20-16(19(21)22-18)12-17-13(2)10-11-23-17/h6-12H,3-5H2,1-2H3. The molecule has 0 spiro atoms. The number of aryl methyl sites for hydroxylation is 2. The normalized spacial score (nSPS) is 15.8. The van der Waals surface area contributed by atoms with E-state index < -0.39 is 0 Å². The first-order valence-corrected chi connectivity index (χ1v) is 8.71. The predicted molar refractivity (Wildman–Crippen MR) is 94.7 cm³/mol. The lowest BCUT2D eigenvalue weighted by Crippen LogP contribution is -2.05. The van der Waals surface area contributed by atoms with E-state index in [9.17, 15) is 4.79 Å². The number of cyclic esters (lactones) is 1. The van der Waals surface area contributed by atoms with E-state index in [1.54, 1.807) is 17.4 Å². The maximum atomic E-state index is 12.0. The molecular weight excluding hydrogens is 306 g/mol. The van der Waals surface area contributed by atoms with Crippen molar-refractivity contribution in [2.75, 3.05) is 0 Å². The van der Waals surface area contributed by atoms with Crippen molar-refractivity contribution >= 4 is 29.3 Å². The quantitative estimate of drug-likeness (QED) is 0.588. The first-order valence-electron chi connectivity index (χ1n) is 7.83. The highest BCUT2D eigenvalue weighted by atomic mass is 32.1. The number of thiophene rings is 1. The van der Waals surface area contributed by atoms with E-state index in [1.807, 2.05) is 30.5 Å². The van der Waals surface area contributed by atoms with Crippen LogP contribution in [0.1, 0.15) is 41.3 Å². The second-order valence-corrected chi connectivity index (χ2v) is 6.55. The van der Waals surface area contributed by atoms with Crippen molar-refractivity contribution in [1.82, 2.24) is 0 Å². The van der Waals surface area contributed by atoms with Crippen molar-refractivity contribution in [3.05, 3.63) is 63.0 Å². The van der Waals surface area contributed by atoms with Crippen LogP contribution in [-0.4, -0.2) is 11.9 Å². The van der Waals surface area contributed by atoms with Gasteiger partial charge in [0, 0.05) is 10.4 Å². The number of hydrogen-bond donors (Lipinski definition) is 0. The van der Waals surface area contributed by atoms with Crippen LogP contribution in [-0.2, 0) is 16.0 Å². The minimum atomic E-state index is -0.386. The van der Waals surface area contributed by atoms with Crippen molar-refractivity contribution in [3.8, 4) is 0 Å². The second kappa shape index (κ2) is 6.92. The van der Waals surface area contributed by atoms with Crippen molar-refractivity contribution in [2.45, 2.75) is 33.1 Å². The van der Waals surface area contributed by atoms with Gasteiger partial charge in [-0.2, -0.15) is 0 Å². The molecular formula is C19H19NO2S. The van der Waals surface area contributed by atoms with Crippen molar-refractivity contribution in [3.63, 3.8) is 0 Å². The molecule has 0 bridgehead atoms. The summed E-state index contributed by atoms with van der Waals surface area (Å²) < 4.78 is 5.32. The molecule has 0 aliphatic carbocycles. The van der Waals surface area contributed by atoms with Gasteiger partial charge in [-0.25, -0.2) is 9.79 Å². The van der Waals surface area contributed by atoms with E-state index in [1.165, 1.54) is 18.4 Å². The Kier molecular flexibility index (Phi) is 4.72. The molecule has 0 amide bonds. The molecule has 1 aromatic carbocycles. The van der Waals surface area contributed by atoms with Crippen LogP contribution < -0.4 is 0 Å². The Morgan fingerprint density at radius 3 is 2.65 bits per heavy atom. The Morgan fingerprint density at radius 1 is 1.22 bits per heavy atom. The monoisotopic (exact) mass is 325 g/mol. The Morgan fingerprint density at radius 2 is 2.00 bits per heavy atom. The van der Waals surface area contributed by atoms with Gasteiger partial charge in [-0.1, -0.05) is 25.5 Å². The Labute approximate surface area is 140 Å². The van der Waals surface area contributed by atoms with Crippen LogP contribution in [0.2, 0.25) is 0 Å². The Hall–Kier alpha value is -2.20. The third kappa shape index (κ3) is 3.59. The fourth-order valence-corrected chi connectivity index (χ4v) is 3.24. The molecule has 0 unspecified atom stereocenters. The summed E-state index contributed by atoms with van der Waals surface area (Å²) in [5.41, 5.74) is 3.63. The van der Waals surface area contributed by atoms with Crippen LogP contribution in [0.4, 0.5) is 0 Å². The van der Waals surface area contributed by atoms with Gasteiger partial charge in [-0.15, -0.1) is 11.3 Å². The van der Waals surface area contributed by atoms with E-state index >= 15 is 0 Å². The average molecular weight is 325 g/mol. The largest absolute Gasteiger partial charge is 0.402 e. The van der Waals surface area contributed by atoms with Crippen molar-refractivity contribution < 1.29 is 9.53 Å². The van der Waals surface area contributed by atoms with Crippen molar-refractivity contribution in [1.29, 1.82) is 0 Å². The number of benzene rings is 1. The zero-order chi connectivity index (χ0) is 16.2. The molecule has 23 heavy (non-hydrogen) atoms. The maximum absolute atomic E-state index is 12.0. The van der Waals surface area contributed by atoms with E-state index in [0.717, 1.165) is 22.4 Å². The summed E-state index contributed by atoms with van der Waals surface area (Å²) in [4.78, 5) is 17.4. The minimum Gasteiger partial charge on any atom is -0.402 e. The van der Waals surface area contributed by atoms with Crippen LogP contribution >= 0.6 is 11.3 Å². The molecule has 1 aliphatic rings. The highest BCUT2D eigenvalue weighted by Crippen LogP contribution is 2.24. The summed E-state index contributed by atoms with van der Waals surface area (Å²) in [6.45, 7) is 4.20. The molecule has 0 radical (unpaired) electrons. The molecule has 0 N–H and O–H groups in total. The highest BCUT2D eigenvalue weighted by Gasteiger charge is 2.24. The summed E-state index contributed by atoms with van der Waals surface area (Å²) in [5.74, 6) is 0.000334. The van der Waals surface area contributed by atoms with Gasteiger partial charge in [0.05, 0.1) is 0 Å². The number of hydrogen-bond acceptors (Lipinski definition) is 4. The topological polar surface area (TPSA) is 38.7 Å². The summed E-state index contributed by atoms with van der Waals surface area (Å²) in [5, 5.41) is 2.00. The van der Waals surface area contributed by atoms with E-state index in [4.69, 9.17) is 4.74 Å². The maximum Gasteiger partial charge on any atom is 0.363 e. The number of rotatable bonds is 5. The predicted octanol–water partition coefficient (Wildman–Crippen LogP) is 4.74. The Bertz CT molecular complexity index is 769. The van der Waals surface area contributed by atoms with Crippen LogP contribution in [0, 0.1) is 6.92 Å². The van der Waals surface area contributed by atoms with Crippen LogP contribution in [0.5, 0.6) is 0 Å². The van der Waals surface area contributed by atoms with Gasteiger partial charge < -0.3 is 4.74 Å². The fourth-order valence-electron chi connectivity index (χ4n) is 2.38. The highest BCUT2D eigenvalue weighted by molar-refractivity contribution is 7.11. The number of esters is 1. The van der Waals surface area contributed by atoms with Gasteiger partial charge in [0.2, 0.25) is 5.90 Å². The number of nitrogens with zero attached hydrogens (tertiary/aromatic N) is 1. The first kappa shape index (κ1) is 15.7. The van der Waals surface area contributed by atoms with Gasteiger partial charge in [0.1, 0.15) is 0 Å². The zero-order valence-corrected chi connectivity index (χ0v) is 14.2. The third-order valence-corrected chi connectivity index (χ3v) is 4.78. The third-order valence-electron chi connectivity index (χ3n) is 3.81. The summed E-state index contributed by atoms with van der Waals surface area (Å²) >= 11 is 1.59. The Balaban J connectivity index is 1.81. The van der Waals surface area contributed by atoms with Crippen LogP contribution in [0.15, 0.2) is 46.4 Å². The first-order chi connectivity index (χ1) is 11.2. The van der Waals surface area contributed by atoms with Crippen LogP contribution in [0.3, 0.4) is 0 Å².